The molecule has 2 N–H and O–H groups in total. The molecule has 104 valence electrons. The van der Waals surface area contributed by atoms with E-state index in [0.717, 1.165) is 5.69 Å². The third-order valence-corrected chi connectivity index (χ3v) is 2.71. The molecule has 0 amide bonds. The van der Waals surface area contributed by atoms with Crippen molar-refractivity contribution >= 4 is 17.1 Å². The van der Waals surface area contributed by atoms with E-state index in [2.05, 4.69) is 16.0 Å². The topological polar surface area (TPSA) is 71.9 Å². The van der Waals surface area contributed by atoms with Crippen LogP contribution in [0.4, 0.5) is 17.1 Å². The fourth-order valence-corrected chi connectivity index (χ4v) is 1.71. The molecule has 0 saturated carbocycles. The summed E-state index contributed by atoms with van der Waals surface area (Å²) >= 11 is 0. The van der Waals surface area contributed by atoms with Crippen molar-refractivity contribution in [1.82, 2.24) is 0 Å². The second-order valence-corrected chi connectivity index (χ2v) is 3.93. The second-order valence-electron chi connectivity index (χ2n) is 3.93. The molecule has 2 aromatic carbocycles. The number of benzene rings is 2. The van der Waals surface area contributed by atoms with Gasteiger partial charge in [-0.2, -0.15) is 0 Å². The number of nitrogens with one attached hydrogen (secondary N) is 2. The van der Waals surface area contributed by atoms with Crippen molar-refractivity contribution in [2.24, 2.45) is 5.18 Å². The van der Waals surface area contributed by atoms with Gasteiger partial charge in [0, 0.05) is 12.1 Å². The molecule has 0 aliphatic heterocycles. The van der Waals surface area contributed by atoms with Gasteiger partial charge in [0.1, 0.15) is 11.5 Å². The zero-order valence-electron chi connectivity index (χ0n) is 11.2. The Kier molecular flexibility index (Phi) is 4.39. The lowest BCUT2D eigenvalue weighted by Gasteiger charge is -2.15. The smallest absolute Gasteiger partial charge is 0.153 e. The summed E-state index contributed by atoms with van der Waals surface area (Å²) in [7, 11) is 3.00. The van der Waals surface area contributed by atoms with Crippen LogP contribution in [0, 0.1) is 4.91 Å². The van der Waals surface area contributed by atoms with Gasteiger partial charge in [-0.15, -0.1) is 4.91 Å². The standard InChI is InChI=1S/C14H15N3O3/c1-19-13-9-12(17-18)14(20-2)8-11(13)16-15-10-6-4-3-5-7-10/h3-9,15-16H,1-2H3. The van der Waals surface area contributed by atoms with E-state index in [1.54, 1.807) is 6.07 Å². The zero-order chi connectivity index (χ0) is 14.4. The number of methoxy groups -OCH3 is 2. The molecule has 0 aliphatic rings. The SMILES string of the molecule is COc1cc(NNc2ccccc2)c(OC)cc1N=O. The highest BCUT2D eigenvalue weighted by atomic mass is 16.5. The van der Waals surface area contributed by atoms with E-state index in [1.807, 2.05) is 30.3 Å². The normalized spacial score (nSPS) is 9.70. The number of nitrogens with zero attached hydrogens (tertiary/aromatic N) is 1. The van der Waals surface area contributed by atoms with E-state index in [9.17, 15) is 4.91 Å². The average Bonchev–Trinajstić information content (AvgIpc) is 2.52. The molecule has 20 heavy (non-hydrogen) atoms. The molecule has 2 aromatic rings. The van der Waals surface area contributed by atoms with Crippen LogP contribution < -0.4 is 20.3 Å². The van der Waals surface area contributed by atoms with E-state index >= 15 is 0 Å². The summed E-state index contributed by atoms with van der Waals surface area (Å²) in [6.07, 6.45) is 0. The number of rotatable bonds is 6. The number of hydrazine groups is 1. The summed E-state index contributed by atoms with van der Waals surface area (Å²) in [5, 5.41) is 2.91. The number of nitroso groups, excluding NO2 is 1. The quantitative estimate of drug-likeness (QED) is 0.622. The van der Waals surface area contributed by atoms with Crippen molar-refractivity contribution in [3.05, 3.63) is 47.4 Å². The summed E-state index contributed by atoms with van der Waals surface area (Å²) in [6.45, 7) is 0. The van der Waals surface area contributed by atoms with Gasteiger partial charge in [0.2, 0.25) is 0 Å². The average molecular weight is 273 g/mol. The maximum atomic E-state index is 10.7. The Morgan fingerprint density at radius 3 is 2.25 bits per heavy atom. The van der Waals surface area contributed by atoms with Crippen molar-refractivity contribution < 1.29 is 9.47 Å². The first-order valence-corrected chi connectivity index (χ1v) is 5.95. The Hall–Kier alpha value is -2.76. The maximum Gasteiger partial charge on any atom is 0.153 e. The van der Waals surface area contributed by atoms with Crippen LogP contribution in [-0.4, -0.2) is 14.2 Å². The monoisotopic (exact) mass is 273 g/mol. The number of para-hydroxylation sites is 1. The molecule has 0 fully saturated rings. The van der Waals surface area contributed by atoms with E-state index in [1.165, 1.54) is 20.3 Å². The lowest BCUT2D eigenvalue weighted by atomic mass is 10.2. The van der Waals surface area contributed by atoms with Crippen molar-refractivity contribution in [2.75, 3.05) is 25.1 Å². The summed E-state index contributed by atoms with van der Waals surface area (Å²) < 4.78 is 10.3. The van der Waals surface area contributed by atoms with Crippen molar-refractivity contribution in [3.8, 4) is 11.5 Å². The molecule has 6 nitrogen and oxygen atoms in total. The van der Waals surface area contributed by atoms with Crippen LogP contribution in [0.5, 0.6) is 11.5 Å². The lowest BCUT2D eigenvalue weighted by Crippen LogP contribution is -2.09. The van der Waals surface area contributed by atoms with Crippen molar-refractivity contribution in [1.29, 1.82) is 0 Å². The first-order valence-electron chi connectivity index (χ1n) is 5.95. The number of hydrogen-bond acceptors (Lipinski definition) is 6. The molecule has 0 saturated heterocycles. The molecule has 0 atom stereocenters. The van der Waals surface area contributed by atoms with Gasteiger partial charge < -0.3 is 14.9 Å². The highest BCUT2D eigenvalue weighted by molar-refractivity contribution is 5.70. The van der Waals surface area contributed by atoms with Crippen LogP contribution in [0.15, 0.2) is 47.6 Å². The third kappa shape index (κ3) is 2.97. The van der Waals surface area contributed by atoms with E-state index in [-0.39, 0.29) is 5.69 Å². The van der Waals surface area contributed by atoms with E-state index < -0.39 is 0 Å². The number of hydrogen-bond donors (Lipinski definition) is 2. The first-order chi connectivity index (χ1) is 9.78. The number of ether oxygens (including phenoxy) is 2. The van der Waals surface area contributed by atoms with Gasteiger partial charge in [0.25, 0.3) is 0 Å². The van der Waals surface area contributed by atoms with Gasteiger partial charge in [-0.3, -0.25) is 5.43 Å². The van der Waals surface area contributed by atoms with Crippen LogP contribution in [-0.2, 0) is 0 Å². The maximum absolute atomic E-state index is 10.7. The van der Waals surface area contributed by atoms with Crippen molar-refractivity contribution in [3.63, 3.8) is 0 Å². The Morgan fingerprint density at radius 1 is 0.950 bits per heavy atom. The third-order valence-electron chi connectivity index (χ3n) is 2.71. The van der Waals surface area contributed by atoms with Gasteiger partial charge in [-0.25, -0.2) is 0 Å². The molecular formula is C14H15N3O3. The van der Waals surface area contributed by atoms with Gasteiger partial charge >= 0.3 is 0 Å². The predicted octanol–water partition coefficient (Wildman–Crippen LogP) is 3.54. The van der Waals surface area contributed by atoms with Crippen LogP contribution in [0.2, 0.25) is 0 Å². The van der Waals surface area contributed by atoms with Crippen LogP contribution in [0.1, 0.15) is 0 Å². The van der Waals surface area contributed by atoms with E-state index in [0.29, 0.717) is 17.2 Å². The highest BCUT2D eigenvalue weighted by Crippen LogP contribution is 2.37. The molecule has 0 bridgehead atoms. The summed E-state index contributed by atoms with van der Waals surface area (Å²) in [5.41, 5.74) is 7.76. The molecule has 0 unspecified atom stereocenters. The second kappa shape index (κ2) is 6.42. The molecule has 0 heterocycles. The summed E-state index contributed by atoms with van der Waals surface area (Å²) in [4.78, 5) is 10.7. The predicted molar refractivity (Wildman–Crippen MR) is 78.7 cm³/mol. The van der Waals surface area contributed by atoms with E-state index in [4.69, 9.17) is 9.47 Å². The minimum atomic E-state index is 0.189. The van der Waals surface area contributed by atoms with Crippen molar-refractivity contribution in [2.45, 2.75) is 0 Å². The fourth-order valence-electron chi connectivity index (χ4n) is 1.71. The Morgan fingerprint density at radius 2 is 1.65 bits per heavy atom. The Bertz CT molecular complexity index is 588. The Labute approximate surface area is 116 Å². The minimum Gasteiger partial charge on any atom is -0.494 e. The highest BCUT2D eigenvalue weighted by Gasteiger charge is 2.11. The minimum absolute atomic E-state index is 0.189. The molecule has 0 radical (unpaired) electrons. The summed E-state index contributed by atoms with van der Waals surface area (Å²) in [5.74, 6) is 0.863. The van der Waals surface area contributed by atoms with Gasteiger partial charge in [0.15, 0.2) is 5.69 Å². The summed E-state index contributed by atoms with van der Waals surface area (Å²) in [6, 6.07) is 12.8. The zero-order valence-corrected chi connectivity index (χ0v) is 11.2. The first kappa shape index (κ1) is 13.7. The molecule has 0 aliphatic carbocycles. The largest absolute Gasteiger partial charge is 0.494 e. The van der Waals surface area contributed by atoms with Crippen LogP contribution >= 0.6 is 0 Å². The fraction of sp³-hybridized carbons (Fsp3) is 0.143. The number of anilines is 2. The molecule has 2 rings (SSSR count). The van der Waals surface area contributed by atoms with Gasteiger partial charge in [-0.1, -0.05) is 18.2 Å². The molecule has 0 aromatic heterocycles. The molecule has 0 spiro atoms. The van der Waals surface area contributed by atoms with Gasteiger partial charge in [0.05, 0.1) is 25.6 Å². The Balaban J connectivity index is 2.24. The van der Waals surface area contributed by atoms with Crippen LogP contribution in [0.25, 0.3) is 0 Å². The lowest BCUT2D eigenvalue weighted by molar-refractivity contribution is 0.406. The van der Waals surface area contributed by atoms with Gasteiger partial charge in [-0.05, 0) is 17.3 Å². The van der Waals surface area contributed by atoms with Crippen LogP contribution in [0.3, 0.4) is 0 Å². The molecular weight excluding hydrogens is 258 g/mol. The molecule has 6 heteroatoms.